The number of fused-ring (bicyclic) bond motifs is 1. The second-order valence-electron chi connectivity index (χ2n) is 9.13. The van der Waals surface area contributed by atoms with Crippen LogP contribution in [0, 0.1) is 0 Å². The van der Waals surface area contributed by atoms with Crippen LogP contribution in [-0.4, -0.2) is 45.7 Å². The van der Waals surface area contributed by atoms with Crippen molar-refractivity contribution in [3.05, 3.63) is 64.0 Å². The van der Waals surface area contributed by atoms with Gasteiger partial charge in [-0.3, -0.25) is 4.79 Å². The molecule has 0 spiro atoms. The fourth-order valence-corrected chi connectivity index (χ4v) is 6.06. The zero-order chi connectivity index (χ0) is 22.9. The number of likely N-dealkylation sites (tertiary alicyclic amines) is 1. The van der Waals surface area contributed by atoms with Gasteiger partial charge in [0.05, 0.1) is 16.2 Å². The number of rotatable bonds is 6. The third-order valence-corrected chi connectivity index (χ3v) is 7.87. The number of carbonyl (C=O) groups excluding carboxylic acids is 1. The molecule has 0 aliphatic carbocycles. The molecule has 0 radical (unpaired) electrons. The normalized spacial score (nSPS) is 19.6. The van der Waals surface area contributed by atoms with Crippen molar-refractivity contribution in [2.75, 3.05) is 13.1 Å². The van der Waals surface area contributed by atoms with Gasteiger partial charge in [0.15, 0.2) is 5.76 Å². The number of allylic oxidation sites excluding steroid dienone is 1. The monoisotopic (exact) mass is 484 g/mol. The number of hydrogen-bond acceptors (Lipinski definition) is 5. The number of aromatic nitrogens is 2. The van der Waals surface area contributed by atoms with Gasteiger partial charge >= 0.3 is 0 Å². The highest BCUT2D eigenvalue weighted by atomic mass is 35.5. The minimum absolute atomic E-state index is 0.0836. The number of carbonyl (C=O) groups is 1. The lowest BCUT2D eigenvalue weighted by Gasteiger charge is -2.33. The predicted octanol–water partition coefficient (Wildman–Crippen LogP) is 5.54. The van der Waals surface area contributed by atoms with Crippen molar-refractivity contribution in [1.82, 2.24) is 19.9 Å². The molecule has 1 amide bonds. The van der Waals surface area contributed by atoms with Crippen molar-refractivity contribution in [2.24, 2.45) is 0 Å². The Hall–Kier alpha value is -2.22. The Bertz CT molecular complexity index is 1180. The smallest absolute Gasteiger partial charge is 0.270 e. The second-order valence-corrected chi connectivity index (χ2v) is 11.0. The molecule has 0 saturated carbocycles. The molecule has 0 bridgehead atoms. The van der Waals surface area contributed by atoms with Crippen molar-refractivity contribution in [3.63, 3.8) is 0 Å². The molecule has 2 aliphatic rings. The van der Waals surface area contributed by atoms with E-state index in [4.69, 9.17) is 16.1 Å². The van der Waals surface area contributed by atoms with Gasteiger partial charge < -0.3 is 19.3 Å². The van der Waals surface area contributed by atoms with E-state index >= 15 is 0 Å². The number of nitrogens with one attached hydrogen (secondary N) is 1. The molecule has 8 heteroatoms. The number of halogens is 1. The molecule has 33 heavy (non-hydrogen) atoms. The van der Waals surface area contributed by atoms with Crippen LogP contribution in [0.3, 0.4) is 0 Å². The highest BCUT2D eigenvalue weighted by Crippen LogP contribution is 2.45. The molecular weight excluding hydrogens is 456 g/mol. The van der Waals surface area contributed by atoms with E-state index in [1.54, 1.807) is 11.8 Å². The Labute approximate surface area is 203 Å². The first-order valence-electron chi connectivity index (χ1n) is 11.6. The zero-order valence-electron chi connectivity index (χ0n) is 19.0. The lowest BCUT2D eigenvalue weighted by atomic mass is 10.0. The minimum atomic E-state index is 0.0836. The van der Waals surface area contributed by atoms with E-state index in [0.29, 0.717) is 24.3 Å². The summed E-state index contributed by atoms with van der Waals surface area (Å²) < 4.78 is 8.51. The summed E-state index contributed by atoms with van der Waals surface area (Å²) in [6, 6.07) is 13.1. The molecule has 1 aromatic carbocycles. The van der Waals surface area contributed by atoms with Gasteiger partial charge in [-0.15, -0.1) is 11.8 Å². The highest BCUT2D eigenvalue weighted by Gasteiger charge is 2.27. The number of hydrogen-bond donors (Lipinski definition) is 1. The number of amides is 1. The number of nitrogens with zero attached hydrogens (tertiary/aromatic N) is 3. The molecule has 3 aromatic rings. The van der Waals surface area contributed by atoms with E-state index in [9.17, 15) is 4.79 Å². The van der Waals surface area contributed by atoms with Gasteiger partial charge in [-0.25, -0.2) is 0 Å². The van der Waals surface area contributed by atoms with Crippen LogP contribution in [0.1, 0.15) is 60.3 Å². The first-order valence-corrected chi connectivity index (χ1v) is 12.8. The molecule has 1 unspecified atom stereocenters. The van der Waals surface area contributed by atoms with Crippen LogP contribution in [0.4, 0.5) is 0 Å². The average molecular weight is 485 g/mol. The van der Waals surface area contributed by atoms with Gasteiger partial charge in [0, 0.05) is 42.1 Å². The second kappa shape index (κ2) is 9.57. The molecule has 2 aliphatic heterocycles. The minimum Gasteiger partial charge on any atom is -0.360 e. The van der Waals surface area contributed by atoms with E-state index in [1.165, 1.54) is 0 Å². The van der Waals surface area contributed by atoms with Gasteiger partial charge in [0.25, 0.3) is 5.91 Å². The third-order valence-electron chi connectivity index (χ3n) is 6.34. The Morgan fingerprint density at radius 3 is 2.79 bits per heavy atom. The number of benzene rings is 1. The van der Waals surface area contributed by atoms with E-state index in [0.717, 1.165) is 59.1 Å². The summed E-state index contributed by atoms with van der Waals surface area (Å²) in [5.74, 6) is 0.909. The summed E-state index contributed by atoms with van der Waals surface area (Å²) in [5.41, 5.74) is 2.54. The molecule has 1 N–H and O–H groups in total. The Morgan fingerprint density at radius 1 is 1.27 bits per heavy atom. The van der Waals surface area contributed by atoms with E-state index in [2.05, 4.69) is 41.0 Å². The highest BCUT2D eigenvalue weighted by molar-refractivity contribution is 8.05. The third kappa shape index (κ3) is 4.86. The van der Waals surface area contributed by atoms with Crippen LogP contribution in [0.5, 0.6) is 0 Å². The van der Waals surface area contributed by atoms with E-state index in [-0.39, 0.29) is 11.2 Å². The number of piperidine rings is 1. The van der Waals surface area contributed by atoms with Gasteiger partial charge in [0.2, 0.25) is 0 Å². The number of thioether (sulfide) groups is 1. The van der Waals surface area contributed by atoms with E-state index < -0.39 is 0 Å². The lowest BCUT2D eigenvalue weighted by molar-refractivity contribution is 0.0693. The summed E-state index contributed by atoms with van der Waals surface area (Å²) >= 11 is 7.71. The molecule has 6 nitrogen and oxygen atoms in total. The first-order chi connectivity index (χ1) is 16.0. The van der Waals surface area contributed by atoms with Crippen molar-refractivity contribution in [2.45, 2.75) is 57.0 Å². The van der Waals surface area contributed by atoms with Crippen LogP contribution in [0.15, 0.2) is 51.4 Å². The van der Waals surface area contributed by atoms with E-state index in [1.807, 2.05) is 35.2 Å². The Kier molecular flexibility index (Phi) is 6.54. The Balaban J connectivity index is 1.37. The first kappa shape index (κ1) is 22.6. The van der Waals surface area contributed by atoms with Gasteiger partial charge in [-0.2, -0.15) is 0 Å². The topological polar surface area (TPSA) is 63.3 Å². The standard InChI is InChI=1S/C25H29ClN4O2S/c1-16(2)27-18-9-11-29(12-10-18)25(31)21-13-17-5-3-4-6-20(17)30(21)15-19-14-22(32-28-19)23-7-8-24(26)33-23/h3-6,8,13-14,16,18,23,27H,7,9-12,15H2,1-2H3. The summed E-state index contributed by atoms with van der Waals surface area (Å²) in [7, 11) is 0. The molecule has 1 saturated heterocycles. The van der Waals surface area contributed by atoms with Crippen molar-refractivity contribution >= 4 is 40.2 Å². The zero-order valence-corrected chi connectivity index (χ0v) is 20.5. The number of para-hydroxylation sites is 1. The van der Waals surface area contributed by atoms with Crippen molar-refractivity contribution < 1.29 is 9.32 Å². The summed E-state index contributed by atoms with van der Waals surface area (Å²) in [5, 5.41) is 9.14. The maximum Gasteiger partial charge on any atom is 0.270 e. The molecule has 4 heterocycles. The molecule has 1 fully saturated rings. The summed E-state index contributed by atoms with van der Waals surface area (Å²) in [6.45, 7) is 6.36. The SMILES string of the molecule is CC(C)NC1CCN(C(=O)c2cc3ccccc3n2Cc2cc(C3CC=C(Cl)S3)on2)CC1. The fourth-order valence-electron chi connectivity index (χ4n) is 4.76. The summed E-state index contributed by atoms with van der Waals surface area (Å²) in [4.78, 5) is 15.6. The maximum atomic E-state index is 13.6. The van der Waals surface area contributed by atoms with Gasteiger partial charge in [0.1, 0.15) is 11.4 Å². The molecule has 1 atom stereocenters. The Morgan fingerprint density at radius 2 is 2.06 bits per heavy atom. The quantitative estimate of drug-likeness (QED) is 0.497. The van der Waals surface area contributed by atoms with Crippen LogP contribution >= 0.6 is 23.4 Å². The lowest BCUT2D eigenvalue weighted by Crippen LogP contribution is -2.47. The van der Waals surface area contributed by atoms with Crippen LogP contribution < -0.4 is 5.32 Å². The largest absolute Gasteiger partial charge is 0.360 e. The van der Waals surface area contributed by atoms with Crippen LogP contribution in [0.25, 0.3) is 10.9 Å². The van der Waals surface area contributed by atoms with Crippen molar-refractivity contribution in [1.29, 1.82) is 0 Å². The maximum absolute atomic E-state index is 13.6. The fraction of sp³-hybridized carbons (Fsp3) is 0.440. The molecule has 2 aromatic heterocycles. The molecular formula is C25H29ClN4O2S. The van der Waals surface area contributed by atoms with Crippen LogP contribution in [0.2, 0.25) is 0 Å². The predicted molar refractivity (Wildman–Crippen MR) is 134 cm³/mol. The molecule has 174 valence electrons. The average Bonchev–Trinajstić information content (AvgIpc) is 3.53. The van der Waals surface area contributed by atoms with Gasteiger partial charge in [-0.05, 0) is 31.4 Å². The summed E-state index contributed by atoms with van der Waals surface area (Å²) in [6.07, 6.45) is 4.81. The molecule has 5 rings (SSSR count). The van der Waals surface area contributed by atoms with Crippen molar-refractivity contribution in [3.8, 4) is 0 Å². The van der Waals surface area contributed by atoms with Gasteiger partial charge in [-0.1, -0.05) is 54.9 Å². The van der Waals surface area contributed by atoms with Crippen LogP contribution in [-0.2, 0) is 6.54 Å².